The molecule has 0 saturated heterocycles. The van der Waals surface area contributed by atoms with Crippen molar-refractivity contribution in [2.24, 2.45) is 0 Å². The third kappa shape index (κ3) is 5.84. The van der Waals surface area contributed by atoms with Crippen molar-refractivity contribution in [1.82, 2.24) is 14.9 Å². The number of imidazole rings is 1. The smallest absolute Gasteiger partial charge is 0.251 e. The first kappa shape index (κ1) is 22.7. The minimum atomic E-state index is -0.156. The van der Waals surface area contributed by atoms with Crippen molar-refractivity contribution in [2.45, 2.75) is 25.9 Å². The van der Waals surface area contributed by atoms with Gasteiger partial charge in [-0.25, -0.2) is 4.98 Å². The number of nitrogens with zero attached hydrogens (tertiary/aromatic N) is 2. The first-order valence-electron chi connectivity index (χ1n) is 10.9. The van der Waals surface area contributed by atoms with Crippen molar-refractivity contribution in [3.8, 4) is 11.5 Å². The van der Waals surface area contributed by atoms with Gasteiger partial charge in [-0.1, -0.05) is 29.8 Å². The average molecular weight is 464 g/mol. The van der Waals surface area contributed by atoms with E-state index < -0.39 is 0 Å². The van der Waals surface area contributed by atoms with Crippen LogP contribution in [0.25, 0.3) is 11.0 Å². The van der Waals surface area contributed by atoms with Crippen molar-refractivity contribution in [2.75, 3.05) is 13.7 Å². The van der Waals surface area contributed by atoms with E-state index in [9.17, 15) is 4.79 Å². The van der Waals surface area contributed by atoms with E-state index in [1.54, 1.807) is 31.4 Å². The lowest BCUT2D eigenvalue weighted by molar-refractivity contribution is 0.0949. The molecule has 0 saturated carbocycles. The molecule has 0 aliphatic heterocycles. The summed E-state index contributed by atoms with van der Waals surface area (Å²) >= 11 is 5.91. The maximum atomic E-state index is 12.5. The van der Waals surface area contributed by atoms with Crippen molar-refractivity contribution >= 4 is 28.5 Å². The number of fused-ring (bicyclic) bond motifs is 1. The van der Waals surface area contributed by atoms with E-state index >= 15 is 0 Å². The predicted molar refractivity (Wildman–Crippen MR) is 130 cm³/mol. The Morgan fingerprint density at radius 2 is 1.79 bits per heavy atom. The average Bonchev–Trinajstić information content (AvgIpc) is 3.20. The topological polar surface area (TPSA) is 65.4 Å². The van der Waals surface area contributed by atoms with Crippen molar-refractivity contribution in [3.63, 3.8) is 0 Å². The molecule has 1 N–H and O–H groups in total. The molecular weight excluding hydrogens is 438 g/mol. The number of benzene rings is 3. The summed E-state index contributed by atoms with van der Waals surface area (Å²) in [5.41, 5.74) is 2.54. The van der Waals surface area contributed by atoms with E-state index in [0.29, 0.717) is 23.7 Å². The number of aromatic nitrogens is 2. The first-order chi connectivity index (χ1) is 16.1. The Bertz CT molecular complexity index is 1220. The van der Waals surface area contributed by atoms with E-state index in [4.69, 9.17) is 26.1 Å². The van der Waals surface area contributed by atoms with Crippen LogP contribution < -0.4 is 14.8 Å². The van der Waals surface area contributed by atoms with Crippen molar-refractivity contribution in [3.05, 3.63) is 89.2 Å². The highest BCUT2D eigenvalue weighted by Gasteiger charge is 2.12. The number of para-hydroxylation sites is 2. The summed E-state index contributed by atoms with van der Waals surface area (Å²) < 4.78 is 13.3. The maximum Gasteiger partial charge on any atom is 0.251 e. The summed E-state index contributed by atoms with van der Waals surface area (Å²) in [5.74, 6) is 2.25. The third-order valence-electron chi connectivity index (χ3n) is 5.33. The number of carbonyl (C=O) groups excluding carboxylic acids is 1. The summed E-state index contributed by atoms with van der Waals surface area (Å²) in [6.07, 6.45) is 1.81. The highest BCUT2D eigenvalue weighted by atomic mass is 35.5. The number of ether oxygens (including phenoxy) is 2. The van der Waals surface area contributed by atoms with Crippen LogP contribution in [0.5, 0.6) is 11.5 Å². The normalized spacial score (nSPS) is 10.8. The van der Waals surface area contributed by atoms with Gasteiger partial charge in [-0.3, -0.25) is 4.79 Å². The molecule has 1 amide bonds. The fraction of sp³-hybridized carbons (Fsp3) is 0.231. The quantitative estimate of drug-likeness (QED) is 0.316. The zero-order chi connectivity index (χ0) is 23.0. The summed E-state index contributed by atoms with van der Waals surface area (Å²) in [6.45, 7) is 1.74. The number of unbranched alkanes of at least 4 members (excludes halogenated alkanes) is 1. The maximum absolute atomic E-state index is 12.5. The molecule has 0 radical (unpaired) electrons. The summed E-state index contributed by atoms with van der Waals surface area (Å²) in [6, 6.07) is 22.5. The molecular formula is C26H26ClN3O3. The van der Waals surface area contributed by atoms with E-state index in [1.165, 1.54) is 0 Å². The molecule has 0 aliphatic rings. The number of aryl methyl sites for hydroxylation is 1. The van der Waals surface area contributed by atoms with Gasteiger partial charge in [0.15, 0.2) is 0 Å². The van der Waals surface area contributed by atoms with Crippen LogP contribution in [0.1, 0.15) is 29.0 Å². The molecule has 1 heterocycles. The summed E-state index contributed by atoms with van der Waals surface area (Å²) in [7, 11) is 1.64. The molecule has 0 atom stereocenters. The van der Waals surface area contributed by atoms with Crippen LogP contribution in [0.2, 0.25) is 5.02 Å². The lowest BCUT2D eigenvalue weighted by atomic mass is 10.2. The minimum absolute atomic E-state index is 0.156. The lowest BCUT2D eigenvalue weighted by Crippen LogP contribution is -2.24. The van der Waals surface area contributed by atoms with Gasteiger partial charge in [0.05, 0.1) is 31.3 Å². The molecule has 0 fully saturated rings. The van der Waals surface area contributed by atoms with Gasteiger partial charge in [0.25, 0.3) is 5.91 Å². The molecule has 170 valence electrons. The zero-order valence-corrected chi connectivity index (χ0v) is 19.2. The van der Waals surface area contributed by atoms with Gasteiger partial charge in [-0.05, 0) is 61.4 Å². The molecule has 7 heteroatoms. The fourth-order valence-corrected chi connectivity index (χ4v) is 3.75. The van der Waals surface area contributed by atoms with Gasteiger partial charge >= 0.3 is 0 Å². The van der Waals surface area contributed by atoms with E-state index in [1.807, 2.05) is 42.5 Å². The Morgan fingerprint density at radius 1 is 1.00 bits per heavy atom. The summed E-state index contributed by atoms with van der Waals surface area (Å²) in [4.78, 5) is 17.3. The van der Waals surface area contributed by atoms with E-state index in [-0.39, 0.29) is 5.91 Å². The van der Waals surface area contributed by atoms with Crippen LogP contribution in [0.4, 0.5) is 0 Å². The third-order valence-corrected chi connectivity index (χ3v) is 5.59. The predicted octanol–water partition coefficient (Wildman–Crippen LogP) is 5.49. The Kier molecular flexibility index (Phi) is 7.47. The number of methoxy groups -OCH3 is 1. The number of hydrogen-bond donors (Lipinski definition) is 1. The van der Waals surface area contributed by atoms with Gasteiger partial charge in [0.2, 0.25) is 0 Å². The molecule has 4 rings (SSSR count). The van der Waals surface area contributed by atoms with Crippen LogP contribution >= 0.6 is 11.6 Å². The van der Waals surface area contributed by atoms with Crippen LogP contribution in [0, 0.1) is 0 Å². The molecule has 1 aromatic heterocycles. The highest BCUT2D eigenvalue weighted by molar-refractivity contribution is 6.30. The highest BCUT2D eigenvalue weighted by Crippen LogP contribution is 2.20. The van der Waals surface area contributed by atoms with Gasteiger partial charge < -0.3 is 19.4 Å². The number of carbonyl (C=O) groups is 1. The van der Waals surface area contributed by atoms with Gasteiger partial charge in [-0.15, -0.1) is 0 Å². The number of nitrogens with one attached hydrogen (secondary N) is 1. The Hall–Kier alpha value is -3.51. The van der Waals surface area contributed by atoms with E-state index in [0.717, 1.165) is 47.7 Å². The lowest BCUT2D eigenvalue weighted by Gasteiger charge is -2.11. The second-order valence-electron chi connectivity index (χ2n) is 7.59. The molecule has 4 aromatic rings. The van der Waals surface area contributed by atoms with Gasteiger partial charge in [-0.2, -0.15) is 0 Å². The first-order valence-corrected chi connectivity index (χ1v) is 11.3. The van der Waals surface area contributed by atoms with Gasteiger partial charge in [0.1, 0.15) is 17.3 Å². The standard InChI is InChI=1S/C26H26ClN3O3/c1-32-21-7-6-8-22(17-21)33-16-5-4-15-30-24-10-3-2-9-23(24)29-25(30)18-28-26(31)19-11-13-20(27)14-12-19/h2-3,6-14,17H,4-5,15-16,18H2,1H3,(H,28,31). The van der Waals surface area contributed by atoms with Crippen LogP contribution in [-0.4, -0.2) is 29.2 Å². The Balaban J connectivity index is 1.36. The monoisotopic (exact) mass is 463 g/mol. The van der Waals surface area contributed by atoms with Crippen LogP contribution in [-0.2, 0) is 13.1 Å². The molecule has 0 aliphatic carbocycles. The fourth-order valence-electron chi connectivity index (χ4n) is 3.63. The Labute approximate surface area is 198 Å². The van der Waals surface area contributed by atoms with Crippen LogP contribution in [0.3, 0.4) is 0 Å². The number of rotatable bonds is 10. The largest absolute Gasteiger partial charge is 0.497 e. The van der Waals surface area contributed by atoms with Crippen LogP contribution in [0.15, 0.2) is 72.8 Å². The second kappa shape index (κ2) is 10.9. The number of amides is 1. The second-order valence-corrected chi connectivity index (χ2v) is 8.03. The van der Waals surface area contributed by atoms with Crippen molar-refractivity contribution < 1.29 is 14.3 Å². The number of hydrogen-bond acceptors (Lipinski definition) is 4. The zero-order valence-electron chi connectivity index (χ0n) is 18.5. The Morgan fingerprint density at radius 3 is 2.61 bits per heavy atom. The molecule has 0 spiro atoms. The molecule has 6 nitrogen and oxygen atoms in total. The van der Waals surface area contributed by atoms with E-state index in [2.05, 4.69) is 16.0 Å². The molecule has 3 aromatic carbocycles. The van der Waals surface area contributed by atoms with Crippen molar-refractivity contribution in [1.29, 1.82) is 0 Å². The SMILES string of the molecule is COc1cccc(OCCCCn2c(CNC(=O)c3ccc(Cl)cc3)nc3ccccc32)c1. The molecule has 0 unspecified atom stereocenters. The van der Waals surface area contributed by atoms with Gasteiger partial charge in [0, 0.05) is 23.2 Å². The summed E-state index contributed by atoms with van der Waals surface area (Å²) in [5, 5.41) is 3.57. The minimum Gasteiger partial charge on any atom is -0.497 e. The number of halogens is 1. The molecule has 33 heavy (non-hydrogen) atoms. The molecule has 0 bridgehead atoms.